The largest absolute Gasteiger partial charge is 0.383 e. The van der Waals surface area contributed by atoms with Crippen LogP contribution in [0.5, 0.6) is 0 Å². The van der Waals surface area contributed by atoms with E-state index >= 15 is 0 Å². The quantitative estimate of drug-likeness (QED) is 0.763. The van der Waals surface area contributed by atoms with Gasteiger partial charge in [-0.15, -0.1) is 0 Å². The maximum absolute atomic E-state index is 13.1. The smallest absolute Gasteiger partial charge is 0.126 e. The summed E-state index contributed by atoms with van der Waals surface area (Å²) in [6.45, 7) is 2.04. The molecule has 0 saturated carbocycles. The zero-order chi connectivity index (χ0) is 14.4. The molecule has 0 amide bonds. The lowest BCUT2D eigenvalue weighted by Crippen LogP contribution is -2.18. The number of nitrogens with one attached hydrogen (secondary N) is 2. The summed E-state index contributed by atoms with van der Waals surface area (Å²) in [6, 6.07) is 3.47. The Balaban J connectivity index is 1.92. The Bertz CT molecular complexity index is 537. The number of benzene rings is 1. The number of aromatic nitrogens is 2. The molecule has 4 nitrogen and oxygen atoms in total. The third-order valence-electron chi connectivity index (χ3n) is 2.77. The molecule has 0 bridgehead atoms. The summed E-state index contributed by atoms with van der Waals surface area (Å²) in [5, 5.41) is 3.18. The van der Waals surface area contributed by atoms with Gasteiger partial charge in [0, 0.05) is 44.6 Å². The van der Waals surface area contributed by atoms with E-state index in [4.69, 9.17) is 4.74 Å². The topological polar surface area (TPSA) is 49.9 Å². The number of ether oxygens (including phenoxy) is 1. The fourth-order valence-electron chi connectivity index (χ4n) is 1.89. The van der Waals surface area contributed by atoms with Crippen molar-refractivity contribution in [3.63, 3.8) is 0 Å². The Kier molecular flexibility index (Phi) is 5.20. The van der Waals surface area contributed by atoms with Crippen molar-refractivity contribution in [2.24, 2.45) is 0 Å². The summed E-state index contributed by atoms with van der Waals surface area (Å²) < 4.78 is 31.1. The van der Waals surface area contributed by atoms with Crippen LogP contribution in [0.1, 0.15) is 17.1 Å². The van der Waals surface area contributed by atoms with Gasteiger partial charge < -0.3 is 15.0 Å². The monoisotopic (exact) mass is 281 g/mol. The summed E-state index contributed by atoms with van der Waals surface area (Å²) >= 11 is 0. The first-order valence-electron chi connectivity index (χ1n) is 6.35. The van der Waals surface area contributed by atoms with Crippen LogP contribution in [-0.4, -0.2) is 30.2 Å². The van der Waals surface area contributed by atoms with Gasteiger partial charge in [-0.05, 0) is 17.7 Å². The van der Waals surface area contributed by atoms with E-state index in [9.17, 15) is 8.78 Å². The van der Waals surface area contributed by atoms with Crippen molar-refractivity contribution in [2.45, 2.75) is 13.0 Å². The Labute approximate surface area is 116 Å². The molecule has 0 aliphatic heterocycles. The van der Waals surface area contributed by atoms with Gasteiger partial charge in [0.15, 0.2) is 0 Å². The molecule has 0 atom stereocenters. The maximum atomic E-state index is 13.1. The van der Waals surface area contributed by atoms with Gasteiger partial charge in [0.1, 0.15) is 17.5 Å². The lowest BCUT2D eigenvalue weighted by Gasteiger charge is -2.02. The van der Waals surface area contributed by atoms with Gasteiger partial charge in [-0.25, -0.2) is 13.8 Å². The number of hydrogen-bond acceptors (Lipinski definition) is 3. The third kappa shape index (κ3) is 4.40. The van der Waals surface area contributed by atoms with Gasteiger partial charge in [-0.2, -0.15) is 0 Å². The van der Waals surface area contributed by atoms with Crippen molar-refractivity contribution in [1.29, 1.82) is 0 Å². The minimum atomic E-state index is -0.576. The summed E-state index contributed by atoms with van der Waals surface area (Å²) in [5.41, 5.74) is 1.48. The molecule has 20 heavy (non-hydrogen) atoms. The standard InChI is InChI=1S/C14H17F2N3O/c1-20-3-2-17-8-13-9-18-14(19-13)6-10-4-11(15)7-12(16)5-10/h4-5,7,9,17H,2-3,6,8H2,1H3,(H,18,19). The fraction of sp³-hybridized carbons (Fsp3) is 0.357. The van der Waals surface area contributed by atoms with E-state index in [1.807, 2.05) is 0 Å². The summed E-state index contributed by atoms with van der Waals surface area (Å²) in [6.07, 6.45) is 2.08. The molecule has 108 valence electrons. The molecule has 2 N–H and O–H groups in total. The van der Waals surface area contributed by atoms with E-state index in [2.05, 4.69) is 15.3 Å². The molecule has 0 unspecified atom stereocenters. The number of halogens is 2. The predicted octanol–water partition coefficient (Wildman–Crippen LogP) is 2.01. The van der Waals surface area contributed by atoms with E-state index in [1.54, 1.807) is 13.3 Å². The minimum Gasteiger partial charge on any atom is -0.383 e. The van der Waals surface area contributed by atoms with Crippen molar-refractivity contribution in [3.05, 3.63) is 53.1 Å². The average Bonchev–Trinajstić information content (AvgIpc) is 2.81. The van der Waals surface area contributed by atoms with Crippen molar-refractivity contribution in [1.82, 2.24) is 15.3 Å². The molecular formula is C14H17F2N3O. The summed E-state index contributed by atoms with van der Waals surface area (Å²) in [7, 11) is 1.65. The maximum Gasteiger partial charge on any atom is 0.126 e. The first kappa shape index (κ1) is 14.6. The SMILES string of the molecule is COCCNCc1cnc(Cc2cc(F)cc(F)c2)[nH]1. The van der Waals surface area contributed by atoms with Crippen LogP contribution in [-0.2, 0) is 17.7 Å². The van der Waals surface area contributed by atoms with E-state index in [0.717, 1.165) is 18.3 Å². The molecular weight excluding hydrogens is 264 g/mol. The minimum absolute atomic E-state index is 0.368. The van der Waals surface area contributed by atoms with Crippen LogP contribution < -0.4 is 5.32 Å². The second-order valence-corrected chi connectivity index (χ2v) is 4.48. The molecule has 2 rings (SSSR count). The number of rotatable bonds is 7. The van der Waals surface area contributed by atoms with Gasteiger partial charge in [-0.1, -0.05) is 0 Å². The van der Waals surface area contributed by atoms with Crippen LogP contribution in [0, 0.1) is 11.6 Å². The van der Waals surface area contributed by atoms with Gasteiger partial charge in [-0.3, -0.25) is 0 Å². The Morgan fingerprint density at radius 3 is 2.70 bits per heavy atom. The van der Waals surface area contributed by atoms with Crippen molar-refractivity contribution in [3.8, 4) is 0 Å². The Morgan fingerprint density at radius 2 is 2.00 bits per heavy atom. The van der Waals surface area contributed by atoms with Crippen LogP contribution in [0.2, 0.25) is 0 Å². The first-order chi connectivity index (χ1) is 9.67. The average molecular weight is 281 g/mol. The van der Waals surface area contributed by atoms with Gasteiger partial charge in [0.2, 0.25) is 0 Å². The molecule has 2 aromatic rings. The summed E-state index contributed by atoms with van der Waals surface area (Å²) in [4.78, 5) is 7.32. The highest BCUT2D eigenvalue weighted by Gasteiger charge is 2.05. The first-order valence-corrected chi connectivity index (χ1v) is 6.35. The van der Waals surface area contributed by atoms with Crippen molar-refractivity contribution < 1.29 is 13.5 Å². The molecule has 6 heteroatoms. The molecule has 1 aromatic heterocycles. The predicted molar refractivity (Wildman–Crippen MR) is 71.3 cm³/mol. The Morgan fingerprint density at radius 1 is 1.25 bits per heavy atom. The van der Waals surface area contributed by atoms with Crippen LogP contribution >= 0.6 is 0 Å². The van der Waals surface area contributed by atoms with Gasteiger partial charge >= 0.3 is 0 Å². The van der Waals surface area contributed by atoms with E-state index in [1.165, 1.54) is 12.1 Å². The normalized spacial score (nSPS) is 10.9. The second kappa shape index (κ2) is 7.12. The molecule has 0 fully saturated rings. The van der Waals surface area contributed by atoms with Gasteiger partial charge in [0.25, 0.3) is 0 Å². The third-order valence-corrected chi connectivity index (χ3v) is 2.77. The fourth-order valence-corrected chi connectivity index (χ4v) is 1.89. The molecule has 0 radical (unpaired) electrons. The van der Waals surface area contributed by atoms with Crippen LogP contribution in [0.3, 0.4) is 0 Å². The van der Waals surface area contributed by atoms with Crippen LogP contribution in [0.25, 0.3) is 0 Å². The number of H-pyrrole nitrogens is 1. The van der Waals surface area contributed by atoms with Crippen molar-refractivity contribution in [2.75, 3.05) is 20.3 Å². The zero-order valence-corrected chi connectivity index (χ0v) is 11.2. The van der Waals surface area contributed by atoms with Gasteiger partial charge in [0.05, 0.1) is 6.61 Å². The second-order valence-electron chi connectivity index (χ2n) is 4.48. The number of aromatic amines is 1. The van der Waals surface area contributed by atoms with E-state index in [-0.39, 0.29) is 0 Å². The lowest BCUT2D eigenvalue weighted by molar-refractivity contribution is 0.199. The molecule has 1 heterocycles. The number of imidazole rings is 1. The number of hydrogen-bond donors (Lipinski definition) is 2. The zero-order valence-electron chi connectivity index (χ0n) is 11.2. The lowest BCUT2D eigenvalue weighted by atomic mass is 10.1. The van der Waals surface area contributed by atoms with Crippen LogP contribution in [0.4, 0.5) is 8.78 Å². The summed E-state index contributed by atoms with van der Waals surface area (Å²) in [5.74, 6) is -0.473. The van der Waals surface area contributed by atoms with Crippen LogP contribution in [0.15, 0.2) is 24.4 Å². The van der Waals surface area contributed by atoms with E-state index < -0.39 is 11.6 Å². The highest BCUT2D eigenvalue weighted by molar-refractivity contribution is 5.21. The number of methoxy groups -OCH3 is 1. The molecule has 0 aliphatic rings. The molecule has 1 aromatic carbocycles. The van der Waals surface area contributed by atoms with E-state index in [0.29, 0.717) is 31.0 Å². The molecule has 0 spiro atoms. The highest BCUT2D eigenvalue weighted by Crippen LogP contribution is 2.11. The Hall–Kier alpha value is -1.79. The molecule has 0 saturated heterocycles. The van der Waals surface area contributed by atoms with Crippen molar-refractivity contribution >= 4 is 0 Å². The molecule has 0 aliphatic carbocycles. The highest BCUT2D eigenvalue weighted by atomic mass is 19.1. The number of nitrogens with zero attached hydrogens (tertiary/aromatic N) is 1.